The Morgan fingerprint density at radius 3 is 2.42 bits per heavy atom. The molecule has 48 heavy (non-hydrogen) atoms. The summed E-state index contributed by atoms with van der Waals surface area (Å²) in [6.07, 6.45) is -3.62. The Balaban J connectivity index is 1.53. The van der Waals surface area contributed by atoms with E-state index in [1.54, 1.807) is 43.5 Å². The molecule has 0 bridgehead atoms. The van der Waals surface area contributed by atoms with E-state index in [4.69, 9.17) is 33.2 Å². The third kappa shape index (κ3) is 5.56. The Hall–Kier alpha value is -3.56. The van der Waals surface area contributed by atoms with Crippen LogP contribution in [0.2, 0.25) is 0 Å². The number of nitrogens with one attached hydrogen (secondary N) is 1. The SMILES string of the molecule is COc1ccc([C@@]23Oc4cc(O[C@@H]5OC(CCO)CO[C@H]5OC)cc(OC)c4[C@]2(O)[C@H](O)[C@H](C(=O)NCCS)[C@H]3c2ccccc2)cc1. The second-order valence-corrected chi connectivity index (χ2v) is 12.3. The topological polar surface area (TPSA) is 154 Å². The van der Waals surface area contributed by atoms with E-state index in [9.17, 15) is 20.1 Å². The molecule has 3 aromatic carbocycles. The van der Waals surface area contributed by atoms with Gasteiger partial charge < -0.3 is 53.8 Å². The molecular formula is C35H41NO11S. The minimum atomic E-state index is -2.20. The van der Waals surface area contributed by atoms with E-state index in [1.165, 1.54) is 14.2 Å². The van der Waals surface area contributed by atoms with Crippen molar-refractivity contribution in [3.8, 4) is 23.0 Å². The maximum absolute atomic E-state index is 13.9. The summed E-state index contributed by atoms with van der Waals surface area (Å²) >= 11 is 4.25. The van der Waals surface area contributed by atoms with E-state index < -0.39 is 53.7 Å². The molecule has 12 nitrogen and oxygen atoms in total. The molecule has 0 aromatic heterocycles. The Bertz CT molecular complexity index is 1580. The summed E-state index contributed by atoms with van der Waals surface area (Å²) in [5.74, 6) is -0.963. The van der Waals surface area contributed by atoms with Crippen LogP contribution in [0, 0.1) is 5.92 Å². The molecule has 8 atom stereocenters. The lowest BCUT2D eigenvalue weighted by Gasteiger charge is -2.40. The van der Waals surface area contributed by atoms with Crippen LogP contribution in [-0.2, 0) is 30.2 Å². The first kappa shape index (κ1) is 34.3. The highest BCUT2D eigenvalue weighted by atomic mass is 32.1. The number of rotatable bonds is 12. The molecule has 3 aromatic rings. The van der Waals surface area contributed by atoms with Gasteiger partial charge in [0.05, 0.1) is 38.4 Å². The maximum atomic E-state index is 13.9. The second-order valence-electron chi connectivity index (χ2n) is 11.9. The van der Waals surface area contributed by atoms with Crippen molar-refractivity contribution in [3.05, 3.63) is 83.4 Å². The average molecular weight is 684 g/mol. The van der Waals surface area contributed by atoms with E-state index in [0.717, 1.165) is 0 Å². The summed E-state index contributed by atoms with van der Waals surface area (Å²) in [5.41, 5.74) is -2.60. The number of aliphatic hydroxyl groups is 3. The molecule has 3 aliphatic rings. The first-order valence-electron chi connectivity index (χ1n) is 15.7. The third-order valence-electron chi connectivity index (χ3n) is 9.37. The molecule has 6 rings (SSSR count). The monoisotopic (exact) mass is 683 g/mol. The number of aliphatic hydroxyl groups excluding tert-OH is 2. The summed E-state index contributed by atoms with van der Waals surface area (Å²) < 4.78 is 41.7. The Kier molecular flexibility index (Phi) is 10.1. The van der Waals surface area contributed by atoms with Gasteiger partial charge in [-0.05, 0) is 29.7 Å². The third-order valence-corrected chi connectivity index (χ3v) is 9.59. The van der Waals surface area contributed by atoms with Crippen LogP contribution in [-0.4, -0.2) is 92.9 Å². The van der Waals surface area contributed by atoms with Gasteiger partial charge in [-0.15, -0.1) is 0 Å². The number of hydrogen-bond donors (Lipinski definition) is 5. The molecule has 0 spiro atoms. The number of carbonyl (C=O) groups excluding carboxylic acids is 1. The number of ether oxygens (including phenoxy) is 7. The average Bonchev–Trinajstić information content (AvgIpc) is 3.49. The summed E-state index contributed by atoms with van der Waals surface area (Å²) in [6.45, 7) is 0.384. The standard InChI is InChI=1S/C35H41NO11S/c1-41-22-11-9-21(10-12-22)35-28(20-7-5-4-6-8-20)27(31(39)36-14-16-48)30(38)34(35,40)29-25(42-2)17-24(18-26(29)47-35)46-33-32(43-3)44-19-23(45-33)13-15-37/h4-12,17-18,23,27-28,30,32-33,37-38,40,48H,13-16,19H2,1-3H3,(H,36,39)/t23?,27-,28-,30-,32-,33+,34+,35+/m1/s1. The molecule has 2 heterocycles. The van der Waals surface area contributed by atoms with Gasteiger partial charge in [0.25, 0.3) is 6.29 Å². The first-order valence-corrected chi connectivity index (χ1v) is 16.4. The molecule has 1 saturated carbocycles. The number of amides is 1. The molecule has 1 aliphatic carbocycles. The van der Waals surface area contributed by atoms with Crippen LogP contribution in [0.5, 0.6) is 23.0 Å². The predicted molar refractivity (Wildman–Crippen MR) is 175 cm³/mol. The fraction of sp³-hybridized carbons (Fsp3) is 0.457. The molecule has 1 saturated heterocycles. The Morgan fingerprint density at radius 2 is 1.77 bits per heavy atom. The van der Waals surface area contributed by atoms with Gasteiger partial charge in [-0.3, -0.25) is 4.79 Å². The van der Waals surface area contributed by atoms with Gasteiger partial charge >= 0.3 is 0 Å². The van der Waals surface area contributed by atoms with Gasteiger partial charge in [0.1, 0.15) is 29.1 Å². The van der Waals surface area contributed by atoms with E-state index in [0.29, 0.717) is 29.1 Å². The molecule has 2 aliphatic heterocycles. The quantitative estimate of drug-likeness (QED) is 0.179. The number of fused-ring (bicyclic) bond motifs is 3. The molecule has 2 fully saturated rings. The van der Waals surface area contributed by atoms with Gasteiger partial charge in [-0.2, -0.15) is 12.6 Å². The number of carbonyl (C=O) groups is 1. The van der Waals surface area contributed by atoms with Crippen molar-refractivity contribution in [2.45, 2.75) is 48.3 Å². The van der Waals surface area contributed by atoms with Crippen LogP contribution in [0.25, 0.3) is 0 Å². The lowest BCUT2D eigenvalue weighted by Crippen LogP contribution is -2.52. The Labute approximate surface area is 284 Å². The smallest absolute Gasteiger partial charge is 0.251 e. The molecule has 13 heteroatoms. The highest BCUT2D eigenvalue weighted by molar-refractivity contribution is 7.80. The van der Waals surface area contributed by atoms with Crippen molar-refractivity contribution in [2.75, 3.05) is 46.8 Å². The van der Waals surface area contributed by atoms with Crippen LogP contribution in [0.4, 0.5) is 0 Å². The summed E-state index contributed by atoms with van der Waals surface area (Å²) in [7, 11) is 4.44. The summed E-state index contributed by atoms with van der Waals surface area (Å²) in [6, 6.07) is 19.3. The zero-order chi connectivity index (χ0) is 34.1. The van der Waals surface area contributed by atoms with E-state index >= 15 is 0 Å². The van der Waals surface area contributed by atoms with Crippen LogP contribution in [0.3, 0.4) is 0 Å². The Morgan fingerprint density at radius 1 is 1.02 bits per heavy atom. The summed E-state index contributed by atoms with van der Waals surface area (Å²) in [4.78, 5) is 13.9. The first-order chi connectivity index (χ1) is 23.3. The molecular weight excluding hydrogens is 642 g/mol. The van der Waals surface area contributed by atoms with Crippen molar-refractivity contribution in [1.29, 1.82) is 0 Å². The fourth-order valence-corrected chi connectivity index (χ4v) is 7.42. The minimum absolute atomic E-state index is 0.0938. The summed E-state index contributed by atoms with van der Waals surface area (Å²) in [5, 5.41) is 37.7. The molecule has 1 unspecified atom stereocenters. The number of methoxy groups -OCH3 is 3. The van der Waals surface area contributed by atoms with Gasteiger partial charge in [-0.25, -0.2) is 0 Å². The van der Waals surface area contributed by atoms with Crippen LogP contribution < -0.4 is 24.3 Å². The van der Waals surface area contributed by atoms with Gasteiger partial charge in [-0.1, -0.05) is 42.5 Å². The van der Waals surface area contributed by atoms with E-state index in [-0.39, 0.29) is 42.6 Å². The molecule has 1 amide bonds. The van der Waals surface area contributed by atoms with Crippen molar-refractivity contribution in [3.63, 3.8) is 0 Å². The molecule has 0 radical (unpaired) electrons. The lowest BCUT2D eigenvalue weighted by atomic mass is 9.70. The van der Waals surface area contributed by atoms with Crippen molar-refractivity contribution in [1.82, 2.24) is 5.32 Å². The number of thiol groups is 1. The van der Waals surface area contributed by atoms with Crippen molar-refractivity contribution >= 4 is 18.5 Å². The molecule has 258 valence electrons. The highest BCUT2D eigenvalue weighted by Gasteiger charge is 2.78. The molecule has 4 N–H and O–H groups in total. The normalized spacial score (nSPS) is 30.6. The van der Waals surface area contributed by atoms with Crippen molar-refractivity contribution in [2.24, 2.45) is 5.92 Å². The van der Waals surface area contributed by atoms with Gasteiger partial charge in [0.2, 0.25) is 12.2 Å². The number of hydrogen-bond acceptors (Lipinski definition) is 12. The highest BCUT2D eigenvalue weighted by Crippen LogP contribution is 2.70. The van der Waals surface area contributed by atoms with Gasteiger partial charge in [0.15, 0.2) is 11.2 Å². The fourth-order valence-electron chi connectivity index (χ4n) is 7.31. The number of benzene rings is 3. The van der Waals surface area contributed by atoms with Crippen LogP contribution in [0.1, 0.15) is 29.0 Å². The van der Waals surface area contributed by atoms with E-state index in [2.05, 4.69) is 17.9 Å². The van der Waals surface area contributed by atoms with Crippen LogP contribution in [0.15, 0.2) is 66.7 Å². The zero-order valence-corrected chi connectivity index (χ0v) is 27.8. The van der Waals surface area contributed by atoms with Gasteiger partial charge in [0, 0.05) is 44.1 Å². The predicted octanol–water partition coefficient (Wildman–Crippen LogP) is 2.47. The van der Waals surface area contributed by atoms with E-state index in [1.807, 2.05) is 30.3 Å². The maximum Gasteiger partial charge on any atom is 0.251 e. The van der Waals surface area contributed by atoms with Crippen molar-refractivity contribution < 1.29 is 53.3 Å². The second kappa shape index (κ2) is 14.1. The van der Waals surface area contributed by atoms with Crippen LogP contribution >= 0.6 is 12.6 Å². The minimum Gasteiger partial charge on any atom is -0.497 e. The largest absolute Gasteiger partial charge is 0.497 e. The zero-order valence-electron chi connectivity index (χ0n) is 26.9. The lowest BCUT2D eigenvalue weighted by molar-refractivity contribution is -0.313.